The first-order valence-corrected chi connectivity index (χ1v) is 20.1. The van der Waals surface area contributed by atoms with Crippen LogP contribution in [0.3, 0.4) is 0 Å². The van der Waals surface area contributed by atoms with Crippen LogP contribution in [0.4, 0.5) is 0 Å². The third-order valence-electron chi connectivity index (χ3n) is 11.0. The summed E-state index contributed by atoms with van der Waals surface area (Å²) in [5.41, 5.74) is 2.73. The number of benzene rings is 4. The summed E-state index contributed by atoms with van der Waals surface area (Å²) >= 11 is 0. The van der Waals surface area contributed by atoms with Crippen molar-refractivity contribution in [2.24, 2.45) is 11.8 Å². The number of nitrogens with one attached hydrogen (secondary N) is 4. The molecule has 2 fully saturated rings. The molecule has 10 atom stereocenters. The van der Waals surface area contributed by atoms with E-state index in [1.807, 2.05) is 100 Å². The van der Waals surface area contributed by atoms with E-state index in [1.165, 1.54) is 0 Å². The third-order valence-corrected chi connectivity index (χ3v) is 11.0. The van der Waals surface area contributed by atoms with Crippen LogP contribution in [0.5, 0.6) is 0 Å². The van der Waals surface area contributed by atoms with Gasteiger partial charge in [-0.05, 0) is 46.9 Å². The number of carbonyl (C=O) groups excluding carboxylic acids is 2. The minimum Gasteiger partial charge on any atom is -0.393 e. The Morgan fingerprint density at radius 2 is 0.881 bits per heavy atom. The van der Waals surface area contributed by atoms with Gasteiger partial charge < -0.3 is 19.9 Å². The monoisotopic (exact) mass is 803 g/mol. The minimum absolute atomic E-state index is 0.0698. The maximum atomic E-state index is 14.2. The lowest BCUT2D eigenvalue weighted by Crippen LogP contribution is -2.51. The summed E-state index contributed by atoms with van der Waals surface area (Å²) in [4.78, 5) is 53.2. The highest BCUT2D eigenvalue weighted by molar-refractivity contribution is 6.18. The fourth-order valence-electron chi connectivity index (χ4n) is 8.44. The Morgan fingerprint density at radius 1 is 0.576 bits per heavy atom. The Balaban J connectivity index is 1.18. The van der Waals surface area contributed by atoms with Gasteiger partial charge in [-0.15, -0.1) is 0 Å². The van der Waals surface area contributed by atoms with Gasteiger partial charge >= 0.3 is 7.69 Å². The summed E-state index contributed by atoms with van der Waals surface area (Å²) in [7, 11) is 1.10. The fraction of sp³-hybridized carbons (Fsp3) is 0.409. The summed E-state index contributed by atoms with van der Waals surface area (Å²) in [6.45, 7) is 7.88. The largest absolute Gasteiger partial charge is 0.491 e. The molecule has 2 aliphatic rings. The van der Waals surface area contributed by atoms with Gasteiger partial charge in [-0.2, -0.15) is 0 Å². The van der Waals surface area contributed by atoms with Crippen LogP contribution >= 0.6 is 0 Å². The van der Waals surface area contributed by atoms with Crippen molar-refractivity contribution in [2.45, 2.75) is 101 Å². The molecule has 2 saturated heterocycles. The predicted molar refractivity (Wildman–Crippen MR) is 223 cm³/mol. The van der Waals surface area contributed by atoms with Gasteiger partial charge in [-0.25, -0.2) is 0 Å². The van der Waals surface area contributed by atoms with E-state index < -0.39 is 72.4 Å². The van der Waals surface area contributed by atoms with Crippen molar-refractivity contribution < 1.29 is 28.7 Å². The van der Waals surface area contributed by atoms with Crippen LogP contribution in [0.1, 0.15) is 86.7 Å². The SMILES string of the molecule is CC(C)C[C@H](NC(=O)[C@H]1N[C@@H](c2ccccc2)[C@@H]([N+](=O)[O-])[C@@H]1c1ccccc1)O[B]O[C@H](CC(C)C)NC(=O)[C@H]1N[C@@H](c2ccccc2)[C@@H]([N+](=O)[O-])[C@@H]1c1ccccc1. The summed E-state index contributed by atoms with van der Waals surface area (Å²) in [5, 5.41) is 37.9. The number of nitro groups is 2. The molecule has 0 saturated carbocycles. The molecule has 6 rings (SSSR count). The topological polar surface area (TPSA) is 187 Å². The summed E-state index contributed by atoms with van der Waals surface area (Å²) < 4.78 is 12.1. The van der Waals surface area contributed by atoms with Crippen molar-refractivity contribution in [1.82, 2.24) is 21.3 Å². The van der Waals surface area contributed by atoms with Gasteiger partial charge in [0.1, 0.15) is 36.6 Å². The Bertz CT molecular complexity index is 1850. The lowest BCUT2D eigenvalue weighted by Gasteiger charge is -2.27. The van der Waals surface area contributed by atoms with E-state index in [2.05, 4.69) is 21.3 Å². The number of hydrogen-bond acceptors (Lipinski definition) is 10. The molecule has 0 bridgehead atoms. The minimum atomic E-state index is -1.13. The van der Waals surface area contributed by atoms with Gasteiger partial charge in [0, 0.05) is 9.85 Å². The molecule has 2 heterocycles. The lowest BCUT2D eigenvalue weighted by atomic mass is 9.85. The van der Waals surface area contributed by atoms with E-state index in [0.29, 0.717) is 35.1 Å². The van der Waals surface area contributed by atoms with Crippen molar-refractivity contribution in [3.8, 4) is 0 Å². The van der Waals surface area contributed by atoms with E-state index in [0.717, 1.165) is 7.69 Å². The van der Waals surface area contributed by atoms with Crippen molar-refractivity contribution in [3.05, 3.63) is 164 Å². The molecule has 0 unspecified atom stereocenters. The van der Waals surface area contributed by atoms with Crippen LogP contribution in [-0.4, -0.2) is 66.0 Å². The van der Waals surface area contributed by atoms with Crippen LogP contribution in [0.25, 0.3) is 0 Å². The van der Waals surface area contributed by atoms with E-state index in [4.69, 9.17) is 9.31 Å². The first-order valence-electron chi connectivity index (χ1n) is 20.1. The highest BCUT2D eigenvalue weighted by atomic mass is 16.6. The lowest BCUT2D eigenvalue weighted by molar-refractivity contribution is -0.527. The van der Waals surface area contributed by atoms with Crippen LogP contribution in [0.2, 0.25) is 0 Å². The first kappa shape index (κ1) is 43.1. The van der Waals surface area contributed by atoms with Gasteiger partial charge in [0.2, 0.25) is 23.9 Å². The van der Waals surface area contributed by atoms with E-state index in [1.54, 1.807) is 48.5 Å². The number of amides is 2. The molecule has 14 nitrogen and oxygen atoms in total. The molecule has 15 heteroatoms. The summed E-state index contributed by atoms with van der Waals surface area (Å²) in [6.07, 6.45) is -1.01. The average molecular weight is 804 g/mol. The first-order chi connectivity index (χ1) is 28.4. The highest BCUT2D eigenvalue weighted by Gasteiger charge is 2.56. The van der Waals surface area contributed by atoms with Crippen LogP contribution < -0.4 is 21.3 Å². The Labute approximate surface area is 345 Å². The summed E-state index contributed by atoms with van der Waals surface area (Å²) in [5.74, 6) is -2.38. The maximum Gasteiger partial charge on any atom is 0.491 e. The molecular weight excluding hydrogens is 751 g/mol. The quantitative estimate of drug-likeness (QED) is 0.0414. The molecule has 59 heavy (non-hydrogen) atoms. The average Bonchev–Trinajstić information content (AvgIpc) is 3.83. The molecule has 2 aliphatic heterocycles. The number of nitrogens with zero attached hydrogens (tertiary/aromatic N) is 2. The molecule has 0 spiro atoms. The van der Waals surface area contributed by atoms with E-state index >= 15 is 0 Å². The maximum absolute atomic E-state index is 14.2. The zero-order chi connectivity index (χ0) is 42.1. The zero-order valence-corrected chi connectivity index (χ0v) is 33.6. The van der Waals surface area contributed by atoms with Gasteiger partial charge in [0.15, 0.2) is 0 Å². The molecule has 309 valence electrons. The van der Waals surface area contributed by atoms with Crippen molar-refractivity contribution in [1.29, 1.82) is 0 Å². The molecule has 4 aromatic carbocycles. The van der Waals surface area contributed by atoms with Gasteiger partial charge in [0.05, 0.1) is 11.8 Å². The normalized spacial score (nSPS) is 25.0. The molecule has 0 aromatic heterocycles. The van der Waals surface area contributed by atoms with Crippen LogP contribution in [0.15, 0.2) is 121 Å². The standard InChI is InChI=1S/C44H52BN6O8/c1-27(2)25-33(46-43(52)39-35(29-17-9-5-10-18-29)41(50(54)55)37(48-39)31-21-13-7-14-22-31)58-45-59-34(26-28(3)4)47-44(53)40-36(30-19-11-6-12-20-30)42(51(56)57)38(49-40)32-23-15-8-16-24-32/h5-24,27-28,33-42,48-49H,25-26H2,1-4H3,(H,46,52)(H,47,53)/t33-,34-,35-,36-,37+,38+,39+,40+,41+,42+/m1/s1. The van der Waals surface area contributed by atoms with Gasteiger partial charge in [-0.1, -0.05) is 149 Å². The zero-order valence-electron chi connectivity index (χ0n) is 33.6. The molecular formula is C44H52BN6O8. The molecule has 0 aliphatic carbocycles. The smallest absolute Gasteiger partial charge is 0.393 e. The second-order valence-electron chi connectivity index (χ2n) is 16.1. The van der Waals surface area contributed by atoms with Crippen LogP contribution in [0, 0.1) is 32.1 Å². The number of rotatable bonds is 18. The van der Waals surface area contributed by atoms with Crippen molar-refractivity contribution >= 4 is 19.5 Å². The second kappa shape index (κ2) is 20.0. The number of hydrogen-bond donors (Lipinski definition) is 4. The Morgan fingerprint density at radius 3 is 1.17 bits per heavy atom. The number of carbonyl (C=O) groups is 2. The predicted octanol–water partition coefficient (Wildman–Crippen LogP) is 5.82. The highest BCUT2D eigenvalue weighted by Crippen LogP contribution is 2.42. The molecule has 4 aromatic rings. The molecule has 1 radical (unpaired) electrons. The van der Waals surface area contributed by atoms with E-state index in [9.17, 15) is 29.8 Å². The van der Waals surface area contributed by atoms with Gasteiger partial charge in [-0.3, -0.25) is 40.5 Å². The van der Waals surface area contributed by atoms with Crippen LogP contribution in [-0.2, 0) is 18.9 Å². The molecule has 4 N–H and O–H groups in total. The Hall–Kier alpha value is -5.48. The molecule has 2 amide bonds. The van der Waals surface area contributed by atoms with Gasteiger partial charge in [0.25, 0.3) is 0 Å². The van der Waals surface area contributed by atoms with Crippen molar-refractivity contribution in [2.75, 3.05) is 0 Å². The fourth-order valence-corrected chi connectivity index (χ4v) is 8.44. The Kier molecular flexibility index (Phi) is 14.6. The van der Waals surface area contributed by atoms with E-state index in [-0.39, 0.29) is 21.7 Å². The summed E-state index contributed by atoms with van der Waals surface area (Å²) in [6, 6.07) is 30.5. The third kappa shape index (κ3) is 10.6. The van der Waals surface area contributed by atoms with Crippen molar-refractivity contribution in [3.63, 3.8) is 0 Å². The second-order valence-corrected chi connectivity index (χ2v) is 16.1.